The van der Waals surface area contributed by atoms with Gasteiger partial charge in [-0.3, -0.25) is 9.59 Å². The molecule has 0 heterocycles. The summed E-state index contributed by atoms with van der Waals surface area (Å²) in [5, 5.41) is 6.57. The predicted octanol–water partition coefficient (Wildman–Crippen LogP) is 4.26. The van der Waals surface area contributed by atoms with E-state index in [0.717, 1.165) is 24.2 Å². The van der Waals surface area contributed by atoms with Crippen LogP contribution in [0.2, 0.25) is 10.0 Å². The van der Waals surface area contributed by atoms with Crippen molar-refractivity contribution in [3.05, 3.63) is 58.1 Å². The third-order valence-electron chi connectivity index (χ3n) is 3.43. The number of unbranched alkanes of at least 4 members (excludes halogenated alkanes) is 1. The predicted molar refractivity (Wildman–Crippen MR) is 108 cm³/mol. The fourth-order valence-electron chi connectivity index (χ4n) is 1.98. The van der Waals surface area contributed by atoms with Gasteiger partial charge in [-0.15, -0.1) is 0 Å². The topological polar surface area (TPSA) is 79.8 Å². The average Bonchev–Trinajstić information content (AvgIpc) is 2.66. The molecule has 0 aliphatic heterocycles. The Kier molecular flexibility index (Phi) is 8.10. The van der Waals surface area contributed by atoms with E-state index in [0.29, 0.717) is 6.61 Å². The molecule has 0 saturated carbocycles. The lowest BCUT2D eigenvalue weighted by Gasteiger charge is -2.07. The molecule has 8 heteroatoms. The zero-order valence-corrected chi connectivity index (χ0v) is 16.2. The highest BCUT2D eigenvalue weighted by Crippen LogP contribution is 2.29. The highest BCUT2D eigenvalue weighted by Gasteiger charge is 2.15. The summed E-state index contributed by atoms with van der Waals surface area (Å²) in [6, 6.07) is 11.9. The van der Waals surface area contributed by atoms with Gasteiger partial charge < -0.3 is 10.1 Å². The monoisotopic (exact) mass is 407 g/mol. The Labute approximate surface area is 167 Å². The van der Waals surface area contributed by atoms with E-state index in [2.05, 4.69) is 22.8 Å². The molecule has 27 heavy (non-hydrogen) atoms. The third-order valence-corrected chi connectivity index (χ3v) is 4.25. The average molecular weight is 408 g/mol. The summed E-state index contributed by atoms with van der Waals surface area (Å²) in [7, 11) is 0. The Balaban J connectivity index is 1.85. The van der Waals surface area contributed by atoms with E-state index in [1.54, 1.807) is 24.3 Å². The first kappa shape index (κ1) is 20.7. The molecule has 0 unspecified atom stereocenters. The number of hydrogen-bond donors (Lipinski definition) is 2. The summed E-state index contributed by atoms with van der Waals surface area (Å²) in [6.45, 7) is 2.77. The number of hydrazone groups is 1. The van der Waals surface area contributed by atoms with Crippen molar-refractivity contribution in [3.8, 4) is 5.75 Å². The molecular formula is C19H19Cl2N3O3. The van der Waals surface area contributed by atoms with E-state index >= 15 is 0 Å². The SMILES string of the molecule is CCCCOc1ccc(/C=N/NC(=O)C(=O)Nc2cccc(Cl)c2Cl)cc1. The molecule has 2 aromatic rings. The van der Waals surface area contributed by atoms with Crippen LogP contribution in [0.15, 0.2) is 47.6 Å². The molecule has 2 N–H and O–H groups in total. The summed E-state index contributed by atoms with van der Waals surface area (Å²) >= 11 is 11.8. The van der Waals surface area contributed by atoms with Gasteiger partial charge in [-0.05, 0) is 48.4 Å². The van der Waals surface area contributed by atoms with Crippen LogP contribution in [-0.4, -0.2) is 24.6 Å². The van der Waals surface area contributed by atoms with Crippen LogP contribution < -0.4 is 15.5 Å². The van der Waals surface area contributed by atoms with Crippen LogP contribution in [-0.2, 0) is 9.59 Å². The summed E-state index contributed by atoms with van der Waals surface area (Å²) < 4.78 is 5.56. The molecule has 0 spiro atoms. The fraction of sp³-hybridized carbons (Fsp3) is 0.211. The molecule has 0 fully saturated rings. The van der Waals surface area contributed by atoms with Gasteiger partial charge in [-0.2, -0.15) is 5.10 Å². The molecule has 0 aliphatic carbocycles. The number of benzene rings is 2. The summed E-state index contributed by atoms with van der Waals surface area (Å²) in [5.41, 5.74) is 3.14. The lowest BCUT2D eigenvalue weighted by molar-refractivity contribution is -0.136. The number of amides is 2. The Morgan fingerprint density at radius 3 is 2.56 bits per heavy atom. The number of nitrogens with one attached hydrogen (secondary N) is 2. The first-order valence-electron chi connectivity index (χ1n) is 8.32. The van der Waals surface area contributed by atoms with E-state index in [1.165, 1.54) is 12.3 Å². The molecule has 0 aromatic heterocycles. The van der Waals surface area contributed by atoms with Crippen molar-refractivity contribution in [1.82, 2.24) is 5.43 Å². The highest BCUT2D eigenvalue weighted by atomic mass is 35.5. The van der Waals surface area contributed by atoms with Crippen molar-refractivity contribution >= 4 is 46.9 Å². The molecule has 2 rings (SSSR count). The van der Waals surface area contributed by atoms with Gasteiger partial charge in [0.2, 0.25) is 0 Å². The second kappa shape index (κ2) is 10.5. The second-order valence-electron chi connectivity index (χ2n) is 5.53. The van der Waals surface area contributed by atoms with Gasteiger partial charge in [0, 0.05) is 0 Å². The number of hydrogen-bond acceptors (Lipinski definition) is 4. The molecule has 0 saturated heterocycles. The molecule has 6 nitrogen and oxygen atoms in total. The van der Waals surface area contributed by atoms with Crippen LogP contribution in [0.5, 0.6) is 5.75 Å². The number of anilines is 1. The molecule has 142 valence electrons. The quantitative estimate of drug-likeness (QED) is 0.311. The summed E-state index contributed by atoms with van der Waals surface area (Å²) in [6.07, 6.45) is 3.49. The number of ether oxygens (including phenoxy) is 1. The van der Waals surface area contributed by atoms with Gasteiger partial charge >= 0.3 is 11.8 Å². The molecule has 0 atom stereocenters. The van der Waals surface area contributed by atoms with Crippen LogP contribution in [0.25, 0.3) is 0 Å². The summed E-state index contributed by atoms with van der Waals surface area (Å²) in [4.78, 5) is 23.7. The number of carbonyl (C=O) groups excluding carboxylic acids is 2. The van der Waals surface area contributed by atoms with Crippen LogP contribution in [0.3, 0.4) is 0 Å². The highest BCUT2D eigenvalue weighted by molar-refractivity contribution is 6.45. The fourth-order valence-corrected chi connectivity index (χ4v) is 2.33. The number of carbonyl (C=O) groups is 2. The van der Waals surface area contributed by atoms with Crippen molar-refractivity contribution < 1.29 is 14.3 Å². The molecule has 0 bridgehead atoms. The van der Waals surface area contributed by atoms with Crippen LogP contribution >= 0.6 is 23.2 Å². The summed E-state index contributed by atoms with van der Waals surface area (Å²) in [5.74, 6) is -1.07. The first-order valence-corrected chi connectivity index (χ1v) is 9.08. The van der Waals surface area contributed by atoms with E-state index in [4.69, 9.17) is 27.9 Å². The largest absolute Gasteiger partial charge is 0.494 e. The van der Waals surface area contributed by atoms with Gasteiger partial charge in [0.15, 0.2) is 0 Å². The van der Waals surface area contributed by atoms with Crippen molar-refractivity contribution in [3.63, 3.8) is 0 Å². The lowest BCUT2D eigenvalue weighted by atomic mass is 10.2. The first-order chi connectivity index (χ1) is 13.0. The van der Waals surface area contributed by atoms with Crippen LogP contribution in [0, 0.1) is 0 Å². The smallest absolute Gasteiger partial charge is 0.329 e. The Morgan fingerprint density at radius 1 is 1.11 bits per heavy atom. The van der Waals surface area contributed by atoms with Gasteiger partial charge in [0.05, 0.1) is 28.6 Å². The maximum absolute atomic E-state index is 11.9. The number of halogens is 2. The van der Waals surface area contributed by atoms with Gasteiger partial charge in [0.1, 0.15) is 5.75 Å². The van der Waals surface area contributed by atoms with E-state index in [-0.39, 0.29) is 15.7 Å². The zero-order valence-electron chi connectivity index (χ0n) is 14.7. The van der Waals surface area contributed by atoms with Crippen molar-refractivity contribution in [2.75, 3.05) is 11.9 Å². The molecule has 2 aromatic carbocycles. The maximum Gasteiger partial charge on any atom is 0.329 e. The van der Waals surface area contributed by atoms with Gasteiger partial charge in [0.25, 0.3) is 0 Å². The van der Waals surface area contributed by atoms with E-state index < -0.39 is 11.8 Å². The molecule has 0 aliphatic rings. The standard InChI is InChI=1S/C19H19Cl2N3O3/c1-2-3-11-27-14-9-7-13(8-10-14)12-22-24-19(26)18(25)23-16-6-4-5-15(20)17(16)21/h4-10,12H,2-3,11H2,1H3,(H,23,25)(H,24,26)/b22-12+. The van der Waals surface area contributed by atoms with Crippen LogP contribution in [0.4, 0.5) is 5.69 Å². The minimum atomic E-state index is -0.929. The van der Waals surface area contributed by atoms with Gasteiger partial charge in [-0.25, -0.2) is 5.43 Å². The van der Waals surface area contributed by atoms with E-state index in [9.17, 15) is 9.59 Å². The van der Waals surface area contributed by atoms with Crippen LogP contribution in [0.1, 0.15) is 25.3 Å². The number of rotatable bonds is 7. The number of nitrogens with zero attached hydrogens (tertiary/aromatic N) is 1. The Hall–Kier alpha value is -2.57. The van der Waals surface area contributed by atoms with Crippen molar-refractivity contribution in [2.24, 2.45) is 5.10 Å². The minimum Gasteiger partial charge on any atom is -0.494 e. The van der Waals surface area contributed by atoms with Crippen molar-refractivity contribution in [1.29, 1.82) is 0 Å². The normalized spacial score (nSPS) is 10.6. The van der Waals surface area contributed by atoms with Gasteiger partial charge in [-0.1, -0.05) is 42.6 Å². The Morgan fingerprint density at radius 2 is 1.85 bits per heavy atom. The minimum absolute atomic E-state index is 0.157. The lowest BCUT2D eigenvalue weighted by Crippen LogP contribution is -2.32. The maximum atomic E-state index is 11.9. The third kappa shape index (κ3) is 6.58. The zero-order chi connectivity index (χ0) is 19.6. The van der Waals surface area contributed by atoms with Crippen molar-refractivity contribution in [2.45, 2.75) is 19.8 Å². The Bertz CT molecular complexity index is 823. The molecular weight excluding hydrogens is 389 g/mol. The molecule has 2 amide bonds. The molecule has 0 radical (unpaired) electrons. The second-order valence-corrected chi connectivity index (χ2v) is 6.31. The van der Waals surface area contributed by atoms with E-state index in [1.807, 2.05) is 12.1 Å².